The maximum absolute atomic E-state index is 12.6. The summed E-state index contributed by atoms with van der Waals surface area (Å²) >= 11 is 2.63. The Balaban J connectivity index is 2.15. The largest absolute Gasteiger partial charge is 0.341 e. The summed E-state index contributed by atoms with van der Waals surface area (Å²) in [6.07, 6.45) is 0. The van der Waals surface area contributed by atoms with Gasteiger partial charge in [0.1, 0.15) is 5.69 Å². The molecule has 2 aromatic rings. The number of carbonyl (C=O) groups excluding carboxylic acids is 1. The smallest absolute Gasteiger partial charge is 0.297 e. The van der Waals surface area contributed by atoms with Gasteiger partial charge in [-0.1, -0.05) is 71.6 Å². The molecule has 0 atom stereocenters. The van der Waals surface area contributed by atoms with Gasteiger partial charge in [0.05, 0.1) is 5.75 Å². The van der Waals surface area contributed by atoms with E-state index in [-0.39, 0.29) is 11.5 Å². The summed E-state index contributed by atoms with van der Waals surface area (Å²) in [5.41, 5.74) is -0.257. The molecule has 7 nitrogen and oxygen atoms in total. The zero-order valence-corrected chi connectivity index (χ0v) is 18.8. The molecule has 0 saturated heterocycles. The van der Waals surface area contributed by atoms with Crippen molar-refractivity contribution in [1.82, 2.24) is 24.7 Å². The number of nitrogens with zero attached hydrogens (tertiary/aromatic N) is 5. The summed E-state index contributed by atoms with van der Waals surface area (Å²) < 4.78 is 1.94. The maximum Gasteiger partial charge on any atom is 0.297 e. The van der Waals surface area contributed by atoms with Crippen molar-refractivity contribution >= 4 is 34.0 Å². The zero-order valence-electron chi connectivity index (χ0n) is 17.1. The highest BCUT2D eigenvalue weighted by atomic mass is 32.2. The van der Waals surface area contributed by atoms with Crippen LogP contribution in [0.5, 0.6) is 0 Å². The van der Waals surface area contributed by atoms with Crippen molar-refractivity contribution in [2.75, 3.05) is 18.8 Å². The number of aromatic nitrogens is 4. The molecule has 0 aliphatic carbocycles. The van der Waals surface area contributed by atoms with Crippen molar-refractivity contribution in [2.24, 2.45) is 11.8 Å². The number of carbonyl (C=O) groups is 1. The first kappa shape index (κ1) is 21.8. The molecule has 0 aliphatic heterocycles. The highest BCUT2D eigenvalue weighted by Gasteiger charge is 2.23. The first-order valence-corrected chi connectivity index (χ1v) is 11.0. The lowest BCUT2D eigenvalue weighted by Crippen LogP contribution is -2.38. The fourth-order valence-corrected chi connectivity index (χ4v) is 4.38. The topological polar surface area (TPSA) is 80.5 Å². The third-order valence-corrected chi connectivity index (χ3v) is 5.74. The van der Waals surface area contributed by atoms with E-state index in [4.69, 9.17) is 0 Å². The van der Waals surface area contributed by atoms with Gasteiger partial charge in [-0.15, -0.1) is 15.3 Å². The highest BCUT2D eigenvalue weighted by Crippen LogP contribution is 2.24. The van der Waals surface area contributed by atoms with Crippen molar-refractivity contribution in [2.45, 2.75) is 58.2 Å². The third-order valence-electron chi connectivity index (χ3n) is 3.73. The number of hydrogen-bond acceptors (Lipinski definition) is 7. The van der Waals surface area contributed by atoms with E-state index in [9.17, 15) is 9.59 Å². The SMILES string of the molecule is CC(C)CN(CC(C)C)C(=O)CSc1nn2c(=O)c(C(C)(C)C)nnc2s1. The molecule has 0 N–H and O–H groups in total. The number of fused-ring (bicyclic) bond motifs is 1. The predicted octanol–water partition coefficient (Wildman–Crippen LogP) is 3.08. The van der Waals surface area contributed by atoms with E-state index in [0.29, 0.717) is 32.6 Å². The van der Waals surface area contributed by atoms with Crippen LogP contribution < -0.4 is 5.56 Å². The molecule has 2 rings (SSSR count). The number of rotatable bonds is 7. The zero-order chi connectivity index (χ0) is 20.4. The van der Waals surface area contributed by atoms with Gasteiger partial charge in [0.15, 0.2) is 4.34 Å². The fourth-order valence-electron chi connectivity index (χ4n) is 2.60. The summed E-state index contributed by atoms with van der Waals surface area (Å²) in [5.74, 6) is 1.23. The van der Waals surface area contributed by atoms with E-state index in [2.05, 4.69) is 43.0 Å². The molecule has 0 radical (unpaired) electrons. The van der Waals surface area contributed by atoms with Crippen LogP contribution in [0.15, 0.2) is 9.13 Å². The molecular formula is C18H29N5O2S2. The van der Waals surface area contributed by atoms with Gasteiger partial charge >= 0.3 is 0 Å². The van der Waals surface area contributed by atoms with E-state index >= 15 is 0 Å². The third kappa shape index (κ3) is 5.75. The van der Waals surface area contributed by atoms with Gasteiger partial charge in [-0.2, -0.15) is 4.52 Å². The standard InChI is InChI=1S/C18H29N5O2S2/c1-11(2)8-22(9-12(3)4)13(24)10-26-17-21-23-15(25)14(18(5,6)7)19-20-16(23)27-17/h11-12H,8-10H2,1-7H3. The fraction of sp³-hybridized carbons (Fsp3) is 0.722. The van der Waals surface area contributed by atoms with Crippen molar-refractivity contribution in [3.63, 3.8) is 0 Å². The first-order valence-electron chi connectivity index (χ1n) is 9.16. The van der Waals surface area contributed by atoms with Gasteiger partial charge < -0.3 is 4.90 Å². The molecule has 0 saturated carbocycles. The van der Waals surface area contributed by atoms with Crippen molar-refractivity contribution in [1.29, 1.82) is 0 Å². The van der Waals surface area contributed by atoms with Crippen LogP contribution >= 0.6 is 23.1 Å². The molecule has 1 amide bonds. The molecule has 0 spiro atoms. The van der Waals surface area contributed by atoms with Gasteiger partial charge in [0.25, 0.3) is 5.56 Å². The summed E-state index contributed by atoms with van der Waals surface area (Å²) in [5, 5.41) is 12.6. The number of thioether (sulfide) groups is 1. The van der Waals surface area contributed by atoms with E-state index < -0.39 is 5.41 Å². The molecular weight excluding hydrogens is 382 g/mol. The van der Waals surface area contributed by atoms with Crippen LogP contribution in [0.2, 0.25) is 0 Å². The Kier molecular flexibility index (Phi) is 7.02. The average molecular weight is 412 g/mol. The van der Waals surface area contributed by atoms with Gasteiger partial charge in [0.2, 0.25) is 10.9 Å². The summed E-state index contributed by atoms with van der Waals surface area (Å²) in [6.45, 7) is 15.7. The molecule has 2 heterocycles. The van der Waals surface area contributed by atoms with Gasteiger partial charge in [-0.25, -0.2) is 0 Å². The van der Waals surface area contributed by atoms with Crippen LogP contribution in [0, 0.1) is 11.8 Å². The minimum atomic E-state index is -0.396. The van der Waals surface area contributed by atoms with E-state index in [0.717, 1.165) is 13.1 Å². The minimum Gasteiger partial charge on any atom is -0.341 e. The second kappa shape index (κ2) is 8.68. The molecule has 150 valence electrons. The molecule has 0 fully saturated rings. The molecule has 0 bridgehead atoms. The molecule has 0 aliphatic rings. The van der Waals surface area contributed by atoms with Gasteiger partial charge in [0, 0.05) is 18.5 Å². The van der Waals surface area contributed by atoms with E-state index in [1.807, 2.05) is 25.7 Å². The summed E-state index contributed by atoms with van der Waals surface area (Å²) in [7, 11) is 0. The first-order chi connectivity index (χ1) is 12.5. The Morgan fingerprint density at radius 2 is 1.74 bits per heavy atom. The molecule has 0 aromatic carbocycles. The summed E-state index contributed by atoms with van der Waals surface area (Å²) in [6, 6.07) is 0. The quantitative estimate of drug-likeness (QED) is 0.652. The minimum absolute atomic E-state index is 0.0930. The average Bonchev–Trinajstić information content (AvgIpc) is 2.94. The van der Waals surface area contributed by atoms with Crippen LogP contribution in [0.3, 0.4) is 0 Å². The maximum atomic E-state index is 12.6. The normalized spacial score (nSPS) is 12.3. The van der Waals surface area contributed by atoms with Crippen molar-refractivity contribution in [3.05, 3.63) is 16.0 Å². The van der Waals surface area contributed by atoms with Crippen LogP contribution in [-0.2, 0) is 10.2 Å². The second-order valence-corrected chi connectivity index (χ2v) is 10.7. The van der Waals surface area contributed by atoms with Crippen LogP contribution in [0.4, 0.5) is 0 Å². The van der Waals surface area contributed by atoms with Crippen molar-refractivity contribution < 1.29 is 4.79 Å². The van der Waals surface area contributed by atoms with E-state index in [1.165, 1.54) is 27.6 Å². The Bertz CT molecular complexity index is 842. The van der Waals surface area contributed by atoms with Crippen LogP contribution in [0.25, 0.3) is 4.96 Å². The van der Waals surface area contributed by atoms with E-state index in [1.54, 1.807) is 0 Å². The Labute approximate surface area is 168 Å². The molecule has 9 heteroatoms. The lowest BCUT2D eigenvalue weighted by atomic mass is 9.93. The molecule has 27 heavy (non-hydrogen) atoms. The number of hydrogen-bond donors (Lipinski definition) is 0. The van der Waals surface area contributed by atoms with Crippen LogP contribution in [-0.4, -0.2) is 49.5 Å². The van der Waals surface area contributed by atoms with Crippen molar-refractivity contribution in [3.8, 4) is 0 Å². The van der Waals surface area contributed by atoms with Crippen LogP contribution in [0.1, 0.15) is 54.2 Å². The number of amides is 1. The predicted molar refractivity (Wildman–Crippen MR) is 111 cm³/mol. The summed E-state index contributed by atoms with van der Waals surface area (Å²) in [4.78, 5) is 27.6. The Hall–Kier alpha value is -1.48. The second-order valence-electron chi connectivity index (χ2n) is 8.54. The Morgan fingerprint density at radius 1 is 1.15 bits per heavy atom. The molecule has 0 unspecified atom stereocenters. The molecule has 2 aromatic heterocycles. The lowest BCUT2D eigenvalue weighted by Gasteiger charge is -2.26. The Morgan fingerprint density at radius 3 is 2.26 bits per heavy atom. The lowest BCUT2D eigenvalue weighted by molar-refractivity contribution is -0.129. The van der Waals surface area contributed by atoms with Gasteiger partial charge in [-0.05, 0) is 11.8 Å². The monoisotopic (exact) mass is 411 g/mol. The highest BCUT2D eigenvalue weighted by molar-refractivity contribution is 8.01. The van der Waals surface area contributed by atoms with Gasteiger partial charge in [-0.3, -0.25) is 9.59 Å².